The second kappa shape index (κ2) is 5.87. The Morgan fingerprint density at radius 1 is 1.14 bits per heavy atom. The van der Waals surface area contributed by atoms with Crippen molar-refractivity contribution >= 4 is 11.7 Å². The lowest BCUT2D eigenvalue weighted by molar-refractivity contribution is 0.232. The van der Waals surface area contributed by atoms with Crippen LogP contribution in [0.3, 0.4) is 0 Å². The van der Waals surface area contributed by atoms with Crippen LogP contribution in [0, 0.1) is 6.92 Å². The first kappa shape index (κ1) is 13.5. The minimum atomic E-state index is -0.194. The Kier molecular flexibility index (Phi) is 3.77. The van der Waals surface area contributed by atoms with Gasteiger partial charge in [-0.15, -0.1) is 0 Å². The zero-order valence-electron chi connectivity index (χ0n) is 11.9. The largest absolute Gasteiger partial charge is 0.493 e. The molecule has 3 rings (SSSR count). The Balaban J connectivity index is 1.67. The molecule has 4 nitrogen and oxygen atoms in total. The molecule has 1 aliphatic heterocycles. The van der Waals surface area contributed by atoms with Gasteiger partial charge in [0.25, 0.3) is 0 Å². The first-order chi connectivity index (χ1) is 10.2. The molecule has 2 N–H and O–H groups in total. The molecule has 1 aliphatic rings. The summed E-state index contributed by atoms with van der Waals surface area (Å²) >= 11 is 0. The molecule has 0 aliphatic carbocycles. The first-order valence-electron chi connectivity index (χ1n) is 7.08. The molecule has 1 heterocycles. The number of nitrogens with one attached hydrogen (secondary N) is 2. The monoisotopic (exact) mass is 282 g/mol. The summed E-state index contributed by atoms with van der Waals surface area (Å²) in [5.74, 6) is 0.851. The van der Waals surface area contributed by atoms with Crippen molar-refractivity contribution in [1.82, 2.24) is 5.32 Å². The van der Waals surface area contributed by atoms with Crippen molar-refractivity contribution in [3.63, 3.8) is 0 Å². The lowest BCUT2D eigenvalue weighted by Crippen LogP contribution is -2.35. The molecule has 4 heteroatoms. The van der Waals surface area contributed by atoms with Gasteiger partial charge in [-0.2, -0.15) is 0 Å². The van der Waals surface area contributed by atoms with E-state index < -0.39 is 0 Å². The van der Waals surface area contributed by atoms with Gasteiger partial charge in [-0.05, 0) is 25.1 Å². The minimum Gasteiger partial charge on any atom is -0.493 e. The van der Waals surface area contributed by atoms with E-state index in [9.17, 15) is 4.79 Å². The molecule has 2 aromatic carbocycles. The smallest absolute Gasteiger partial charge is 0.319 e. The standard InChI is InChI=1S/C17H18N2O2/c1-12-6-8-13(9-7-12)18-17(20)19-15-10-11-21-16-5-3-2-4-14(15)16/h2-9,15H,10-11H2,1H3,(H2,18,19,20). The van der Waals surface area contributed by atoms with Gasteiger partial charge < -0.3 is 15.4 Å². The van der Waals surface area contributed by atoms with Crippen molar-refractivity contribution < 1.29 is 9.53 Å². The Labute approximate surface area is 124 Å². The number of anilines is 1. The highest BCUT2D eigenvalue weighted by Crippen LogP contribution is 2.31. The molecule has 21 heavy (non-hydrogen) atoms. The Bertz CT molecular complexity index is 637. The fraction of sp³-hybridized carbons (Fsp3) is 0.235. The number of amides is 2. The lowest BCUT2D eigenvalue weighted by atomic mass is 10.0. The van der Waals surface area contributed by atoms with Gasteiger partial charge in [-0.25, -0.2) is 4.79 Å². The molecule has 0 bridgehead atoms. The van der Waals surface area contributed by atoms with E-state index in [4.69, 9.17) is 4.74 Å². The van der Waals surface area contributed by atoms with Gasteiger partial charge in [0.1, 0.15) is 5.75 Å². The molecule has 1 atom stereocenters. The topological polar surface area (TPSA) is 50.4 Å². The summed E-state index contributed by atoms with van der Waals surface area (Å²) in [6, 6.07) is 15.3. The van der Waals surface area contributed by atoms with Gasteiger partial charge in [0.15, 0.2) is 0 Å². The molecule has 0 saturated carbocycles. The van der Waals surface area contributed by atoms with Crippen LogP contribution in [0.2, 0.25) is 0 Å². The van der Waals surface area contributed by atoms with Gasteiger partial charge in [0.05, 0.1) is 12.6 Å². The van der Waals surface area contributed by atoms with Crippen LogP contribution in [0.15, 0.2) is 48.5 Å². The fourth-order valence-electron chi connectivity index (χ4n) is 2.45. The number of benzene rings is 2. The number of aryl methyl sites for hydroxylation is 1. The van der Waals surface area contributed by atoms with E-state index in [1.807, 2.05) is 55.5 Å². The average Bonchev–Trinajstić information content (AvgIpc) is 2.50. The maximum atomic E-state index is 12.1. The lowest BCUT2D eigenvalue weighted by Gasteiger charge is -2.26. The zero-order valence-corrected chi connectivity index (χ0v) is 11.9. The summed E-state index contributed by atoms with van der Waals surface area (Å²) in [6.45, 7) is 2.63. The third kappa shape index (κ3) is 3.16. The van der Waals surface area contributed by atoms with Gasteiger partial charge in [0, 0.05) is 17.7 Å². The highest BCUT2D eigenvalue weighted by molar-refractivity contribution is 5.89. The predicted molar refractivity (Wildman–Crippen MR) is 82.6 cm³/mol. The van der Waals surface area contributed by atoms with Crippen LogP contribution in [0.5, 0.6) is 5.75 Å². The number of hydrogen-bond acceptors (Lipinski definition) is 2. The van der Waals surface area contributed by atoms with Gasteiger partial charge in [-0.3, -0.25) is 0 Å². The predicted octanol–water partition coefficient (Wildman–Crippen LogP) is 3.64. The molecular formula is C17H18N2O2. The van der Waals surface area contributed by atoms with Crippen molar-refractivity contribution in [2.24, 2.45) is 0 Å². The van der Waals surface area contributed by atoms with Crippen LogP contribution < -0.4 is 15.4 Å². The normalized spacial score (nSPS) is 16.5. The number of hydrogen-bond donors (Lipinski definition) is 2. The number of fused-ring (bicyclic) bond motifs is 1. The fourth-order valence-corrected chi connectivity index (χ4v) is 2.45. The number of rotatable bonds is 2. The van der Waals surface area contributed by atoms with Crippen LogP contribution in [0.25, 0.3) is 0 Å². The zero-order chi connectivity index (χ0) is 14.7. The molecule has 0 radical (unpaired) electrons. The summed E-state index contributed by atoms with van der Waals surface area (Å²) in [5, 5.41) is 5.86. The van der Waals surface area contributed by atoms with E-state index in [1.54, 1.807) is 0 Å². The second-order valence-corrected chi connectivity index (χ2v) is 5.19. The number of carbonyl (C=O) groups is 1. The number of carbonyl (C=O) groups excluding carboxylic acids is 1. The SMILES string of the molecule is Cc1ccc(NC(=O)NC2CCOc3ccccc32)cc1. The highest BCUT2D eigenvalue weighted by atomic mass is 16.5. The van der Waals surface area contributed by atoms with Gasteiger partial charge in [0.2, 0.25) is 0 Å². The third-order valence-electron chi connectivity index (χ3n) is 3.57. The van der Waals surface area contributed by atoms with E-state index in [1.165, 1.54) is 5.56 Å². The maximum Gasteiger partial charge on any atom is 0.319 e. The second-order valence-electron chi connectivity index (χ2n) is 5.19. The number of para-hydroxylation sites is 1. The molecular weight excluding hydrogens is 264 g/mol. The Hall–Kier alpha value is -2.49. The molecule has 1 unspecified atom stereocenters. The van der Waals surface area contributed by atoms with Gasteiger partial charge in [-0.1, -0.05) is 35.9 Å². The highest BCUT2D eigenvalue weighted by Gasteiger charge is 2.22. The van der Waals surface area contributed by atoms with E-state index in [0.29, 0.717) is 6.61 Å². The molecule has 2 aromatic rings. The number of urea groups is 1. The van der Waals surface area contributed by atoms with Crippen molar-refractivity contribution in [2.45, 2.75) is 19.4 Å². The molecule has 0 fully saturated rings. The molecule has 108 valence electrons. The summed E-state index contributed by atoms with van der Waals surface area (Å²) in [6.07, 6.45) is 0.776. The van der Waals surface area contributed by atoms with E-state index >= 15 is 0 Å². The third-order valence-corrected chi connectivity index (χ3v) is 3.57. The molecule has 0 spiro atoms. The summed E-state index contributed by atoms with van der Waals surface area (Å²) in [4.78, 5) is 12.1. The van der Waals surface area contributed by atoms with Gasteiger partial charge >= 0.3 is 6.03 Å². The van der Waals surface area contributed by atoms with Crippen LogP contribution >= 0.6 is 0 Å². The quantitative estimate of drug-likeness (QED) is 0.883. The average molecular weight is 282 g/mol. The maximum absolute atomic E-state index is 12.1. The van der Waals surface area contributed by atoms with Crippen molar-refractivity contribution in [3.05, 3.63) is 59.7 Å². The summed E-state index contributed by atoms with van der Waals surface area (Å²) in [5.41, 5.74) is 2.99. The Morgan fingerprint density at radius 2 is 1.90 bits per heavy atom. The van der Waals surface area contributed by atoms with Crippen molar-refractivity contribution in [1.29, 1.82) is 0 Å². The molecule has 0 aromatic heterocycles. The summed E-state index contributed by atoms with van der Waals surface area (Å²) < 4.78 is 5.59. The van der Waals surface area contributed by atoms with Crippen LogP contribution in [-0.4, -0.2) is 12.6 Å². The van der Waals surface area contributed by atoms with Crippen molar-refractivity contribution in [2.75, 3.05) is 11.9 Å². The van der Waals surface area contributed by atoms with E-state index in [2.05, 4.69) is 10.6 Å². The van der Waals surface area contributed by atoms with Crippen molar-refractivity contribution in [3.8, 4) is 5.75 Å². The minimum absolute atomic E-state index is 0.0135. The molecule has 0 saturated heterocycles. The number of ether oxygens (including phenoxy) is 1. The van der Waals surface area contributed by atoms with Crippen LogP contribution in [-0.2, 0) is 0 Å². The van der Waals surface area contributed by atoms with Crippen LogP contribution in [0.1, 0.15) is 23.6 Å². The summed E-state index contributed by atoms with van der Waals surface area (Å²) in [7, 11) is 0. The van der Waals surface area contributed by atoms with E-state index in [0.717, 1.165) is 23.4 Å². The van der Waals surface area contributed by atoms with Crippen LogP contribution in [0.4, 0.5) is 10.5 Å². The first-order valence-corrected chi connectivity index (χ1v) is 7.08. The van der Waals surface area contributed by atoms with E-state index in [-0.39, 0.29) is 12.1 Å². The molecule has 2 amide bonds. The Morgan fingerprint density at radius 3 is 2.71 bits per heavy atom.